The molecule has 10 atom stereocenters. The number of ether oxygens (including phenoxy) is 2. The Bertz CT molecular complexity index is 851. The van der Waals surface area contributed by atoms with Gasteiger partial charge in [-0.05, 0) is 67.3 Å². The van der Waals surface area contributed by atoms with Crippen LogP contribution < -0.4 is 0 Å². The number of Topliss-reactive ketones (excluding diaryl/α,β-unsaturated/α-hetero) is 1. The second-order valence-electron chi connectivity index (χ2n) is 12.4. The molecule has 3 saturated carbocycles. The van der Waals surface area contributed by atoms with Crippen LogP contribution in [0.2, 0.25) is 0 Å². The summed E-state index contributed by atoms with van der Waals surface area (Å²) in [5.74, 6) is 2.78. The maximum absolute atomic E-state index is 14.0. The van der Waals surface area contributed by atoms with Crippen molar-refractivity contribution < 1.29 is 19.1 Å². The molecule has 4 heteroatoms. The van der Waals surface area contributed by atoms with Gasteiger partial charge in [0.2, 0.25) is 0 Å². The molecule has 2 saturated heterocycles. The van der Waals surface area contributed by atoms with Gasteiger partial charge in [0.15, 0.2) is 11.6 Å². The molecule has 2 heterocycles. The quantitative estimate of drug-likeness (QED) is 0.541. The van der Waals surface area contributed by atoms with Crippen molar-refractivity contribution in [3.8, 4) is 0 Å². The molecule has 5 fully saturated rings. The van der Waals surface area contributed by atoms with Crippen LogP contribution in [0.1, 0.15) is 79.1 Å². The van der Waals surface area contributed by atoms with Gasteiger partial charge < -0.3 is 9.47 Å². The summed E-state index contributed by atoms with van der Waals surface area (Å²) >= 11 is 0. The zero-order valence-corrected chi connectivity index (χ0v) is 19.6. The van der Waals surface area contributed by atoms with Crippen molar-refractivity contribution in [2.75, 3.05) is 6.61 Å². The lowest BCUT2D eigenvalue weighted by molar-refractivity contribution is -0.272. The van der Waals surface area contributed by atoms with Gasteiger partial charge in [-0.25, -0.2) is 0 Å². The highest BCUT2D eigenvalue weighted by atomic mass is 16.7. The van der Waals surface area contributed by atoms with Crippen molar-refractivity contribution in [2.24, 2.45) is 46.3 Å². The maximum Gasteiger partial charge on any atom is 0.171 e. The molecule has 1 spiro atoms. The van der Waals surface area contributed by atoms with Crippen LogP contribution in [0.3, 0.4) is 0 Å². The lowest BCUT2D eigenvalue weighted by Crippen LogP contribution is -2.56. The number of ketones is 2. The van der Waals surface area contributed by atoms with Crippen LogP contribution >= 0.6 is 0 Å². The topological polar surface area (TPSA) is 52.6 Å². The predicted molar refractivity (Wildman–Crippen MR) is 117 cm³/mol. The molecule has 0 radical (unpaired) electrons. The highest BCUT2D eigenvalue weighted by Gasteiger charge is 2.71. The molecule has 0 bridgehead atoms. The van der Waals surface area contributed by atoms with E-state index in [1.165, 1.54) is 5.57 Å². The van der Waals surface area contributed by atoms with Gasteiger partial charge in [0.25, 0.3) is 0 Å². The Hall–Kier alpha value is -1.00. The van der Waals surface area contributed by atoms with E-state index in [0.29, 0.717) is 42.3 Å². The molecule has 31 heavy (non-hydrogen) atoms. The van der Waals surface area contributed by atoms with Gasteiger partial charge in [0, 0.05) is 36.5 Å². The number of allylic oxidation sites excluding steroid dienone is 1. The van der Waals surface area contributed by atoms with Gasteiger partial charge in [0.05, 0.1) is 12.7 Å². The molecule has 6 rings (SSSR count). The minimum atomic E-state index is -0.467. The lowest BCUT2D eigenvalue weighted by atomic mass is 9.46. The summed E-state index contributed by atoms with van der Waals surface area (Å²) in [4.78, 5) is 26.0. The van der Waals surface area contributed by atoms with E-state index in [9.17, 15) is 9.59 Å². The summed E-state index contributed by atoms with van der Waals surface area (Å²) in [5.41, 5.74) is 1.07. The summed E-state index contributed by atoms with van der Waals surface area (Å²) < 4.78 is 13.2. The standard InChI is InChI=1S/C27H38O4/c1-15-7-10-27(30-14-15)16(2)24-22(31-27)12-21-19-6-5-17-11-18(28)8-9-25(17,3)20(19)13-23(29)26(21,24)4/h11,15-16,19-22,24H,5-10,12-14H2,1-4H3/t15-,16+,19?,20?,21?,22?,24?,25+,26-,27-/m1/s1. The normalized spacial score (nSPS) is 56.0. The van der Waals surface area contributed by atoms with Crippen LogP contribution in [0.4, 0.5) is 0 Å². The van der Waals surface area contributed by atoms with Gasteiger partial charge in [-0.3, -0.25) is 9.59 Å². The van der Waals surface area contributed by atoms with E-state index in [1.54, 1.807) is 0 Å². The van der Waals surface area contributed by atoms with Crippen LogP contribution in [-0.2, 0) is 19.1 Å². The average Bonchev–Trinajstić information content (AvgIpc) is 3.18. The number of fused-ring (bicyclic) bond motifs is 7. The Kier molecular flexibility index (Phi) is 4.34. The smallest absolute Gasteiger partial charge is 0.171 e. The number of carbonyl (C=O) groups is 2. The maximum atomic E-state index is 14.0. The van der Waals surface area contributed by atoms with Gasteiger partial charge in [-0.1, -0.05) is 33.3 Å². The SMILES string of the molecule is C[C@@H]1CC[C@@]2(OC1)OC1CC3C4CCC5=CC(=O)CC[C@]5(C)C4CC(=O)[C@]3(C)C1[C@@H]2C. The predicted octanol–water partition coefficient (Wildman–Crippen LogP) is 5.10. The molecule has 0 aromatic carbocycles. The highest BCUT2D eigenvalue weighted by molar-refractivity contribution is 5.92. The average molecular weight is 427 g/mol. The molecule has 0 aromatic heterocycles. The van der Waals surface area contributed by atoms with Gasteiger partial charge >= 0.3 is 0 Å². The minimum Gasteiger partial charge on any atom is -0.349 e. The van der Waals surface area contributed by atoms with Crippen LogP contribution in [0, 0.1) is 46.3 Å². The first-order chi connectivity index (χ1) is 14.7. The Labute approximate surface area is 186 Å². The second kappa shape index (κ2) is 6.53. The van der Waals surface area contributed by atoms with Crippen LogP contribution in [-0.4, -0.2) is 30.1 Å². The number of hydrogen-bond donors (Lipinski definition) is 0. The first-order valence-corrected chi connectivity index (χ1v) is 12.8. The monoisotopic (exact) mass is 426 g/mol. The van der Waals surface area contributed by atoms with E-state index in [0.717, 1.165) is 45.1 Å². The van der Waals surface area contributed by atoms with Crippen molar-refractivity contribution in [1.82, 2.24) is 0 Å². The van der Waals surface area contributed by atoms with E-state index < -0.39 is 5.79 Å². The molecule has 5 unspecified atom stereocenters. The van der Waals surface area contributed by atoms with Crippen molar-refractivity contribution in [2.45, 2.75) is 91.0 Å². The van der Waals surface area contributed by atoms with Crippen molar-refractivity contribution in [3.63, 3.8) is 0 Å². The van der Waals surface area contributed by atoms with Crippen molar-refractivity contribution in [1.29, 1.82) is 0 Å². The number of carbonyl (C=O) groups excluding carboxylic acids is 2. The Morgan fingerprint density at radius 1 is 1.03 bits per heavy atom. The molecule has 0 amide bonds. The Morgan fingerprint density at radius 2 is 1.84 bits per heavy atom. The summed E-state index contributed by atoms with van der Waals surface area (Å²) in [7, 11) is 0. The van der Waals surface area contributed by atoms with E-state index >= 15 is 0 Å². The zero-order valence-electron chi connectivity index (χ0n) is 19.6. The summed E-state index contributed by atoms with van der Waals surface area (Å²) in [5, 5.41) is 0. The fourth-order valence-electron chi connectivity index (χ4n) is 9.26. The first-order valence-electron chi connectivity index (χ1n) is 12.8. The molecule has 6 aliphatic rings. The summed E-state index contributed by atoms with van der Waals surface area (Å²) in [6.45, 7) is 9.95. The molecular formula is C27H38O4. The van der Waals surface area contributed by atoms with Crippen LogP contribution in [0.25, 0.3) is 0 Å². The Balaban J connectivity index is 1.33. The highest BCUT2D eigenvalue weighted by Crippen LogP contribution is 2.69. The van der Waals surface area contributed by atoms with Gasteiger partial charge in [-0.2, -0.15) is 0 Å². The Morgan fingerprint density at radius 3 is 2.58 bits per heavy atom. The number of hydrogen-bond acceptors (Lipinski definition) is 4. The number of rotatable bonds is 0. The van der Waals surface area contributed by atoms with Crippen LogP contribution in [0.15, 0.2) is 11.6 Å². The second-order valence-corrected chi connectivity index (χ2v) is 12.4. The zero-order chi connectivity index (χ0) is 21.8. The van der Waals surface area contributed by atoms with E-state index in [1.807, 2.05) is 6.08 Å². The fourth-order valence-corrected chi connectivity index (χ4v) is 9.26. The third-order valence-electron chi connectivity index (χ3n) is 11.1. The molecule has 0 N–H and O–H groups in total. The fraction of sp³-hybridized carbons (Fsp3) is 0.852. The first kappa shape index (κ1) is 20.6. The summed E-state index contributed by atoms with van der Waals surface area (Å²) in [6, 6.07) is 0. The third kappa shape index (κ3) is 2.55. The molecule has 4 nitrogen and oxygen atoms in total. The molecular weight excluding hydrogens is 388 g/mol. The van der Waals surface area contributed by atoms with E-state index in [4.69, 9.17) is 9.47 Å². The van der Waals surface area contributed by atoms with Crippen molar-refractivity contribution >= 4 is 11.6 Å². The van der Waals surface area contributed by atoms with Gasteiger partial charge in [0.1, 0.15) is 5.78 Å². The minimum absolute atomic E-state index is 0.0296. The van der Waals surface area contributed by atoms with Gasteiger partial charge in [-0.15, -0.1) is 0 Å². The van der Waals surface area contributed by atoms with Crippen LogP contribution in [0.5, 0.6) is 0 Å². The largest absolute Gasteiger partial charge is 0.349 e. The molecule has 2 aliphatic heterocycles. The third-order valence-corrected chi connectivity index (χ3v) is 11.1. The molecule has 4 aliphatic carbocycles. The van der Waals surface area contributed by atoms with E-state index in [2.05, 4.69) is 27.7 Å². The molecule has 0 aromatic rings. The molecule has 170 valence electrons. The van der Waals surface area contributed by atoms with E-state index in [-0.39, 0.29) is 34.6 Å². The van der Waals surface area contributed by atoms with Crippen molar-refractivity contribution in [3.05, 3.63) is 11.6 Å². The summed E-state index contributed by atoms with van der Waals surface area (Å²) in [6.07, 6.45) is 9.59. The lowest BCUT2D eigenvalue weighted by Gasteiger charge is -2.57.